The number of nitrogens with two attached hydrogens (primary N) is 1. The van der Waals surface area contributed by atoms with Crippen molar-refractivity contribution in [1.82, 2.24) is 5.32 Å². The Kier molecular flexibility index (Phi) is 4.99. The van der Waals surface area contributed by atoms with Gasteiger partial charge in [-0.1, -0.05) is 17.7 Å². The van der Waals surface area contributed by atoms with Crippen molar-refractivity contribution >= 4 is 17.5 Å². The quantitative estimate of drug-likeness (QED) is 0.861. The standard InChI is InChI=1S/C13H19ClN2O2/c1-13(2,15)7-12(17)16-8-9-10(14)5-4-6-11(9)18-3/h4-6H,7-8,15H2,1-3H3,(H,16,17). The van der Waals surface area contributed by atoms with Gasteiger partial charge >= 0.3 is 0 Å². The number of rotatable bonds is 5. The minimum Gasteiger partial charge on any atom is -0.496 e. The second kappa shape index (κ2) is 6.07. The van der Waals surface area contributed by atoms with E-state index in [9.17, 15) is 4.79 Å². The van der Waals surface area contributed by atoms with Crippen LogP contribution in [0.15, 0.2) is 18.2 Å². The number of halogens is 1. The van der Waals surface area contributed by atoms with E-state index >= 15 is 0 Å². The van der Waals surface area contributed by atoms with Gasteiger partial charge in [-0.3, -0.25) is 4.79 Å². The fourth-order valence-electron chi connectivity index (χ4n) is 1.56. The van der Waals surface area contributed by atoms with Crippen molar-refractivity contribution in [2.24, 2.45) is 5.73 Å². The van der Waals surface area contributed by atoms with Gasteiger partial charge in [-0.05, 0) is 26.0 Å². The van der Waals surface area contributed by atoms with Gasteiger partial charge in [0.25, 0.3) is 0 Å². The zero-order valence-electron chi connectivity index (χ0n) is 10.9. The zero-order valence-corrected chi connectivity index (χ0v) is 11.7. The highest BCUT2D eigenvalue weighted by molar-refractivity contribution is 6.31. The molecule has 5 heteroatoms. The van der Waals surface area contributed by atoms with Crippen LogP contribution in [0.3, 0.4) is 0 Å². The lowest BCUT2D eigenvalue weighted by Crippen LogP contribution is -2.38. The minimum atomic E-state index is -0.519. The summed E-state index contributed by atoms with van der Waals surface area (Å²) in [5.41, 5.74) is 6.03. The molecule has 3 N–H and O–H groups in total. The Bertz CT molecular complexity index is 427. The van der Waals surface area contributed by atoms with E-state index in [1.807, 2.05) is 13.8 Å². The summed E-state index contributed by atoms with van der Waals surface area (Å²) in [6.07, 6.45) is 0.264. The number of benzene rings is 1. The highest BCUT2D eigenvalue weighted by Crippen LogP contribution is 2.25. The molecule has 0 aliphatic heterocycles. The molecule has 4 nitrogen and oxygen atoms in total. The summed E-state index contributed by atoms with van der Waals surface area (Å²) in [4.78, 5) is 11.7. The van der Waals surface area contributed by atoms with E-state index in [1.165, 1.54) is 0 Å². The largest absolute Gasteiger partial charge is 0.496 e. The third kappa shape index (κ3) is 4.55. The van der Waals surface area contributed by atoms with Gasteiger partial charge in [0.1, 0.15) is 5.75 Å². The minimum absolute atomic E-state index is 0.107. The van der Waals surface area contributed by atoms with Crippen molar-refractivity contribution < 1.29 is 9.53 Å². The molecule has 0 atom stereocenters. The van der Waals surface area contributed by atoms with Gasteiger partial charge < -0.3 is 15.8 Å². The second-order valence-electron chi connectivity index (χ2n) is 4.86. The van der Waals surface area contributed by atoms with Gasteiger partial charge in [0.05, 0.1) is 7.11 Å². The molecule has 0 fully saturated rings. The average Bonchev–Trinajstić information content (AvgIpc) is 2.24. The van der Waals surface area contributed by atoms with Crippen LogP contribution in [0.25, 0.3) is 0 Å². The van der Waals surface area contributed by atoms with Crippen LogP contribution in [0.1, 0.15) is 25.8 Å². The van der Waals surface area contributed by atoms with E-state index in [0.29, 0.717) is 17.3 Å². The molecular formula is C13H19ClN2O2. The lowest BCUT2D eigenvalue weighted by Gasteiger charge is -2.18. The predicted molar refractivity (Wildman–Crippen MR) is 72.7 cm³/mol. The fourth-order valence-corrected chi connectivity index (χ4v) is 1.80. The molecule has 1 amide bonds. The zero-order chi connectivity index (χ0) is 13.8. The monoisotopic (exact) mass is 270 g/mol. The van der Waals surface area contributed by atoms with Crippen LogP contribution in [0.5, 0.6) is 5.75 Å². The smallest absolute Gasteiger partial charge is 0.222 e. The van der Waals surface area contributed by atoms with Crippen molar-refractivity contribution in [1.29, 1.82) is 0 Å². The number of nitrogens with one attached hydrogen (secondary N) is 1. The van der Waals surface area contributed by atoms with Gasteiger partial charge in [-0.25, -0.2) is 0 Å². The number of hydrogen-bond acceptors (Lipinski definition) is 3. The van der Waals surface area contributed by atoms with E-state index < -0.39 is 5.54 Å². The number of carbonyl (C=O) groups excluding carboxylic acids is 1. The summed E-state index contributed by atoms with van der Waals surface area (Å²) in [6, 6.07) is 5.37. The number of ether oxygens (including phenoxy) is 1. The number of amides is 1. The summed E-state index contributed by atoms with van der Waals surface area (Å²) in [5.74, 6) is 0.555. The fraction of sp³-hybridized carbons (Fsp3) is 0.462. The maximum Gasteiger partial charge on any atom is 0.222 e. The molecule has 1 aromatic carbocycles. The molecular weight excluding hydrogens is 252 g/mol. The first-order chi connectivity index (χ1) is 8.33. The highest BCUT2D eigenvalue weighted by atomic mass is 35.5. The van der Waals surface area contributed by atoms with E-state index in [0.717, 1.165) is 5.56 Å². The van der Waals surface area contributed by atoms with Crippen LogP contribution in [0.2, 0.25) is 5.02 Å². The average molecular weight is 271 g/mol. The molecule has 1 aromatic rings. The third-order valence-electron chi connectivity index (χ3n) is 2.37. The normalized spacial score (nSPS) is 11.2. The maximum atomic E-state index is 11.7. The van der Waals surface area contributed by atoms with Crippen molar-refractivity contribution in [3.8, 4) is 5.75 Å². The molecule has 0 saturated carbocycles. The highest BCUT2D eigenvalue weighted by Gasteiger charge is 2.17. The molecule has 100 valence electrons. The molecule has 0 aliphatic rings. The molecule has 0 saturated heterocycles. The molecule has 0 bridgehead atoms. The van der Waals surface area contributed by atoms with Crippen molar-refractivity contribution in [3.63, 3.8) is 0 Å². The summed E-state index contributed by atoms with van der Waals surface area (Å²) in [5, 5.41) is 3.36. The van der Waals surface area contributed by atoms with E-state index in [2.05, 4.69) is 5.32 Å². The first-order valence-corrected chi connectivity index (χ1v) is 6.08. The second-order valence-corrected chi connectivity index (χ2v) is 5.27. The SMILES string of the molecule is COc1cccc(Cl)c1CNC(=O)CC(C)(C)N. The third-order valence-corrected chi connectivity index (χ3v) is 2.73. The van der Waals surface area contributed by atoms with Crippen LogP contribution in [-0.4, -0.2) is 18.6 Å². The first kappa shape index (κ1) is 14.8. The number of hydrogen-bond donors (Lipinski definition) is 2. The van der Waals surface area contributed by atoms with Crippen molar-refractivity contribution in [3.05, 3.63) is 28.8 Å². The summed E-state index contributed by atoms with van der Waals surface area (Å²) in [6.45, 7) is 3.95. The lowest BCUT2D eigenvalue weighted by atomic mass is 10.0. The van der Waals surface area contributed by atoms with E-state index in [-0.39, 0.29) is 12.3 Å². The number of methoxy groups -OCH3 is 1. The van der Waals surface area contributed by atoms with E-state index in [4.69, 9.17) is 22.1 Å². The van der Waals surface area contributed by atoms with Crippen molar-refractivity contribution in [2.75, 3.05) is 7.11 Å². The van der Waals surface area contributed by atoms with Crippen LogP contribution in [-0.2, 0) is 11.3 Å². The summed E-state index contributed by atoms with van der Waals surface area (Å²) >= 11 is 6.07. The Morgan fingerprint density at radius 1 is 1.50 bits per heavy atom. The van der Waals surface area contributed by atoms with Gasteiger partial charge in [0.15, 0.2) is 0 Å². The first-order valence-electron chi connectivity index (χ1n) is 5.70. The van der Waals surface area contributed by atoms with Gasteiger partial charge in [-0.15, -0.1) is 0 Å². The van der Waals surface area contributed by atoms with Crippen LogP contribution in [0, 0.1) is 0 Å². The molecule has 0 radical (unpaired) electrons. The van der Waals surface area contributed by atoms with Gasteiger partial charge in [0.2, 0.25) is 5.91 Å². The molecule has 0 aromatic heterocycles. The Morgan fingerprint density at radius 2 is 2.17 bits per heavy atom. The predicted octanol–water partition coefficient (Wildman–Crippen LogP) is 2.09. The van der Waals surface area contributed by atoms with E-state index in [1.54, 1.807) is 25.3 Å². The molecule has 1 rings (SSSR count). The Morgan fingerprint density at radius 3 is 2.72 bits per heavy atom. The Hall–Kier alpha value is -1.26. The molecule has 0 unspecified atom stereocenters. The maximum absolute atomic E-state index is 11.7. The van der Waals surface area contributed by atoms with Gasteiger partial charge in [0, 0.05) is 29.1 Å². The van der Waals surface area contributed by atoms with Crippen LogP contribution in [0.4, 0.5) is 0 Å². The number of carbonyl (C=O) groups is 1. The Labute approximate surface area is 112 Å². The van der Waals surface area contributed by atoms with Crippen LogP contribution >= 0.6 is 11.6 Å². The molecule has 0 aliphatic carbocycles. The van der Waals surface area contributed by atoms with Crippen molar-refractivity contribution in [2.45, 2.75) is 32.4 Å². The van der Waals surface area contributed by atoms with Crippen LogP contribution < -0.4 is 15.8 Å². The summed E-state index contributed by atoms with van der Waals surface area (Å²) in [7, 11) is 1.57. The molecule has 18 heavy (non-hydrogen) atoms. The molecule has 0 heterocycles. The topological polar surface area (TPSA) is 64.3 Å². The lowest BCUT2D eigenvalue weighted by molar-refractivity contribution is -0.122. The van der Waals surface area contributed by atoms with Gasteiger partial charge in [-0.2, -0.15) is 0 Å². The molecule has 0 spiro atoms. The Balaban J connectivity index is 2.66. The summed E-state index contributed by atoms with van der Waals surface area (Å²) < 4.78 is 5.20.